The van der Waals surface area contributed by atoms with E-state index in [1.165, 1.54) is 12.8 Å². The van der Waals surface area contributed by atoms with Gasteiger partial charge in [0.25, 0.3) is 0 Å². The highest BCUT2D eigenvalue weighted by molar-refractivity contribution is 5.91. The summed E-state index contributed by atoms with van der Waals surface area (Å²) < 4.78 is 10.7. The normalized spacial score (nSPS) is 19.5. The maximum atomic E-state index is 12.2. The molecule has 0 spiro atoms. The fraction of sp³-hybridized carbons (Fsp3) is 0.688. The second-order valence-electron chi connectivity index (χ2n) is 6.06. The van der Waals surface area contributed by atoms with Crippen molar-refractivity contribution in [2.75, 3.05) is 19.8 Å². The second-order valence-corrected chi connectivity index (χ2v) is 6.06. The van der Waals surface area contributed by atoms with Gasteiger partial charge in [-0.15, -0.1) is 0 Å². The molecule has 2 fully saturated rings. The van der Waals surface area contributed by atoms with Crippen molar-refractivity contribution in [3.8, 4) is 0 Å². The van der Waals surface area contributed by atoms with Crippen LogP contribution < -0.4 is 0 Å². The SMILES string of the molecule is Cc1nc(C2CCOCC2)nc(C)c1C(=O)OCC1CC1. The van der Waals surface area contributed by atoms with Crippen molar-refractivity contribution in [2.24, 2.45) is 5.92 Å². The molecule has 1 aliphatic heterocycles. The second kappa shape index (κ2) is 6.10. The minimum Gasteiger partial charge on any atom is -0.462 e. The van der Waals surface area contributed by atoms with E-state index >= 15 is 0 Å². The minimum absolute atomic E-state index is 0.282. The summed E-state index contributed by atoms with van der Waals surface area (Å²) >= 11 is 0. The van der Waals surface area contributed by atoms with Gasteiger partial charge in [-0.2, -0.15) is 0 Å². The lowest BCUT2D eigenvalue weighted by molar-refractivity contribution is 0.0482. The Bertz CT molecular complexity index is 511. The number of esters is 1. The Morgan fingerprint density at radius 1 is 1.14 bits per heavy atom. The van der Waals surface area contributed by atoms with Crippen LogP contribution in [0.5, 0.6) is 0 Å². The Labute approximate surface area is 125 Å². The van der Waals surface area contributed by atoms with Gasteiger partial charge in [0.05, 0.1) is 18.0 Å². The Morgan fingerprint density at radius 2 is 1.76 bits per heavy atom. The van der Waals surface area contributed by atoms with Gasteiger partial charge in [0, 0.05) is 19.1 Å². The Balaban J connectivity index is 1.76. The minimum atomic E-state index is -0.282. The lowest BCUT2D eigenvalue weighted by Gasteiger charge is -2.21. The van der Waals surface area contributed by atoms with Gasteiger partial charge in [-0.1, -0.05) is 0 Å². The highest BCUT2D eigenvalue weighted by Gasteiger charge is 2.26. The van der Waals surface area contributed by atoms with E-state index in [1.807, 2.05) is 13.8 Å². The van der Waals surface area contributed by atoms with Crippen molar-refractivity contribution in [1.29, 1.82) is 0 Å². The van der Waals surface area contributed by atoms with Crippen molar-refractivity contribution in [3.63, 3.8) is 0 Å². The van der Waals surface area contributed by atoms with Crippen LogP contribution in [0.3, 0.4) is 0 Å². The van der Waals surface area contributed by atoms with Crippen LogP contribution in [0.15, 0.2) is 0 Å². The molecule has 0 N–H and O–H groups in total. The number of rotatable bonds is 4. The summed E-state index contributed by atoms with van der Waals surface area (Å²) in [6, 6.07) is 0. The molecule has 1 saturated heterocycles. The van der Waals surface area contributed by atoms with E-state index in [2.05, 4.69) is 9.97 Å². The van der Waals surface area contributed by atoms with Crippen LogP contribution in [0.4, 0.5) is 0 Å². The molecule has 0 aromatic carbocycles. The molecule has 2 aliphatic rings. The standard InChI is InChI=1S/C16H22N2O3/c1-10-14(16(19)21-9-12-3-4-12)11(2)18-15(17-10)13-5-7-20-8-6-13/h12-13H,3-9H2,1-2H3. The number of hydrogen-bond donors (Lipinski definition) is 0. The van der Waals surface area contributed by atoms with Crippen molar-refractivity contribution in [1.82, 2.24) is 9.97 Å². The summed E-state index contributed by atoms with van der Waals surface area (Å²) in [4.78, 5) is 21.3. The van der Waals surface area contributed by atoms with E-state index < -0.39 is 0 Å². The van der Waals surface area contributed by atoms with Gasteiger partial charge in [0.1, 0.15) is 11.4 Å². The number of hydrogen-bond acceptors (Lipinski definition) is 5. The van der Waals surface area contributed by atoms with Crippen LogP contribution >= 0.6 is 0 Å². The molecule has 0 atom stereocenters. The van der Waals surface area contributed by atoms with Gasteiger partial charge in [-0.25, -0.2) is 14.8 Å². The molecule has 5 nitrogen and oxygen atoms in total. The summed E-state index contributed by atoms with van der Waals surface area (Å²) in [6.45, 7) is 5.78. The summed E-state index contributed by atoms with van der Waals surface area (Å²) in [5.41, 5.74) is 1.99. The zero-order chi connectivity index (χ0) is 14.8. The van der Waals surface area contributed by atoms with Crippen LogP contribution in [0.25, 0.3) is 0 Å². The van der Waals surface area contributed by atoms with Crippen molar-refractivity contribution in [3.05, 3.63) is 22.8 Å². The molecular weight excluding hydrogens is 268 g/mol. The van der Waals surface area contributed by atoms with Gasteiger partial charge in [-0.05, 0) is 45.4 Å². The number of carbonyl (C=O) groups is 1. The highest BCUT2D eigenvalue weighted by Crippen LogP contribution is 2.29. The highest BCUT2D eigenvalue weighted by atomic mass is 16.5. The van der Waals surface area contributed by atoms with Crippen molar-refractivity contribution in [2.45, 2.75) is 45.4 Å². The van der Waals surface area contributed by atoms with E-state index in [-0.39, 0.29) is 5.97 Å². The first-order chi connectivity index (χ1) is 10.1. The fourth-order valence-electron chi connectivity index (χ4n) is 2.73. The summed E-state index contributed by atoms with van der Waals surface area (Å²) in [6.07, 6.45) is 4.24. The van der Waals surface area contributed by atoms with Crippen molar-refractivity contribution >= 4 is 5.97 Å². The molecule has 1 aromatic heterocycles. The average Bonchev–Trinajstić information content (AvgIpc) is 3.29. The van der Waals surface area contributed by atoms with Gasteiger partial charge >= 0.3 is 5.97 Å². The zero-order valence-electron chi connectivity index (χ0n) is 12.7. The first-order valence-corrected chi connectivity index (χ1v) is 7.75. The summed E-state index contributed by atoms with van der Waals surface area (Å²) in [7, 11) is 0. The van der Waals surface area contributed by atoms with E-state index in [4.69, 9.17) is 9.47 Å². The molecule has 0 amide bonds. The number of ether oxygens (including phenoxy) is 2. The third-order valence-corrected chi connectivity index (χ3v) is 4.23. The molecular formula is C16H22N2O3. The van der Waals surface area contributed by atoms with Gasteiger partial charge in [0.15, 0.2) is 0 Å². The molecule has 2 heterocycles. The molecule has 114 valence electrons. The van der Waals surface area contributed by atoms with Crippen LogP contribution in [-0.2, 0) is 9.47 Å². The van der Waals surface area contributed by atoms with Crippen LogP contribution in [0.2, 0.25) is 0 Å². The molecule has 21 heavy (non-hydrogen) atoms. The molecule has 1 aliphatic carbocycles. The molecule has 3 rings (SSSR count). The monoisotopic (exact) mass is 290 g/mol. The van der Waals surface area contributed by atoms with Crippen LogP contribution in [-0.4, -0.2) is 35.8 Å². The number of aryl methyl sites for hydroxylation is 2. The maximum absolute atomic E-state index is 12.2. The Hall–Kier alpha value is -1.49. The lowest BCUT2D eigenvalue weighted by Crippen LogP contribution is -2.20. The Morgan fingerprint density at radius 3 is 2.33 bits per heavy atom. The van der Waals surface area contributed by atoms with Gasteiger partial charge < -0.3 is 9.47 Å². The molecule has 5 heteroatoms. The third-order valence-electron chi connectivity index (χ3n) is 4.23. The van der Waals surface area contributed by atoms with Crippen LogP contribution in [0, 0.1) is 19.8 Å². The average molecular weight is 290 g/mol. The molecule has 0 unspecified atom stereocenters. The third kappa shape index (κ3) is 3.40. The number of aromatic nitrogens is 2. The maximum Gasteiger partial charge on any atom is 0.341 e. The fourth-order valence-corrected chi connectivity index (χ4v) is 2.73. The summed E-state index contributed by atoms with van der Waals surface area (Å²) in [5, 5.41) is 0. The van der Waals surface area contributed by atoms with Crippen molar-refractivity contribution < 1.29 is 14.3 Å². The number of carbonyl (C=O) groups excluding carboxylic acids is 1. The predicted octanol–water partition coefficient (Wildman–Crippen LogP) is 2.55. The van der Waals surface area contributed by atoms with Gasteiger partial charge in [-0.3, -0.25) is 0 Å². The number of nitrogens with zero attached hydrogens (tertiary/aromatic N) is 2. The molecule has 0 radical (unpaired) electrons. The van der Waals surface area contributed by atoms with Crippen LogP contribution in [0.1, 0.15) is 59.2 Å². The Kier molecular flexibility index (Phi) is 4.19. The van der Waals surface area contributed by atoms with E-state index in [0.29, 0.717) is 24.0 Å². The predicted molar refractivity (Wildman–Crippen MR) is 77.3 cm³/mol. The quantitative estimate of drug-likeness (QED) is 0.797. The smallest absolute Gasteiger partial charge is 0.341 e. The largest absolute Gasteiger partial charge is 0.462 e. The topological polar surface area (TPSA) is 61.3 Å². The van der Waals surface area contributed by atoms with E-state index in [0.717, 1.165) is 43.3 Å². The van der Waals surface area contributed by atoms with E-state index in [1.54, 1.807) is 0 Å². The first kappa shape index (κ1) is 14.4. The first-order valence-electron chi connectivity index (χ1n) is 7.75. The lowest BCUT2D eigenvalue weighted by atomic mass is 9.99. The zero-order valence-corrected chi connectivity index (χ0v) is 12.7. The van der Waals surface area contributed by atoms with E-state index in [9.17, 15) is 4.79 Å². The molecule has 1 saturated carbocycles. The molecule has 0 bridgehead atoms. The summed E-state index contributed by atoms with van der Waals surface area (Å²) in [5.74, 6) is 1.46. The molecule has 1 aromatic rings. The van der Waals surface area contributed by atoms with Gasteiger partial charge in [0.2, 0.25) is 0 Å².